The van der Waals surface area contributed by atoms with Crippen LogP contribution in [0.15, 0.2) is 72.8 Å². The zero-order chi connectivity index (χ0) is 23.1. The van der Waals surface area contributed by atoms with Crippen LogP contribution in [-0.2, 0) is 11.2 Å². The molecule has 32 heavy (non-hydrogen) atoms. The Balaban J connectivity index is 1.82. The van der Waals surface area contributed by atoms with Crippen molar-refractivity contribution < 1.29 is 24.5 Å². The minimum Gasteiger partial charge on any atom is -0.508 e. The fourth-order valence-corrected chi connectivity index (χ4v) is 3.26. The predicted molar refractivity (Wildman–Crippen MR) is 122 cm³/mol. The molecule has 166 valence electrons. The van der Waals surface area contributed by atoms with E-state index in [-0.39, 0.29) is 11.4 Å². The molecule has 0 aliphatic heterocycles. The average molecular weight is 434 g/mol. The molecule has 0 aromatic heterocycles. The third kappa shape index (κ3) is 5.65. The van der Waals surface area contributed by atoms with E-state index >= 15 is 0 Å². The Morgan fingerprint density at radius 1 is 1.00 bits per heavy atom. The van der Waals surface area contributed by atoms with E-state index in [0.29, 0.717) is 16.9 Å². The highest BCUT2D eigenvalue weighted by atomic mass is 16.5. The maximum atomic E-state index is 12.8. The molecule has 4 N–H and O–H groups in total. The number of ether oxygens (including phenoxy) is 1. The lowest BCUT2D eigenvalue weighted by atomic mass is 9.99. The Labute approximate surface area is 186 Å². The number of phenolic OH excluding ortho intramolecular Hbond substituents is 1. The Kier molecular flexibility index (Phi) is 7.46. The minimum atomic E-state index is -1.59. The number of carbonyl (C=O) groups excluding carboxylic acids is 2. The van der Waals surface area contributed by atoms with Gasteiger partial charge >= 0.3 is 0 Å². The third-order valence-corrected chi connectivity index (χ3v) is 5.05. The van der Waals surface area contributed by atoms with Crippen molar-refractivity contribution in [1.29, 1.82) is 0 Å². The van der Waals surface area contributed by atoms with Gasteiger partial charge in [-0.25, -0.2) is 0 Å². The van der Waals surface area contributed by atoms with Crippen molar-refractivity contribution in [3.63, 3.8) is 0 Å². The van der Waals surface area contributed by atoms with E-state index in [2.05, 4.69) is 10.6 Å². The van der Waals surface area contributed by atoms with E-state index in [9.17, 15) is 19.8 Å². The minimum absolute atomic E-state index is 0.0995. The first-order valence-corrected chi connectivity index (χ1v) is 10.2. The summed E-state index contributed by atoms with van der Waals surface area (Å²) in [6.07, 6.45) is -0.739. The molecule has 0 bridgehead atoms. The molecule has 1 unspecified atom stereocenters. The van der Waals surface area contributed by atoms with Gasteiger partial charge in [0.15, 0.2) is 6.10 Å². The standard InChI is InChI=1S/C25H26N2O5/c1-3-16-9-11-18(12-10-16)24(30)27-22(17-7-5-4-6-8-17)23(29)25(31)26-19-13-20(28)15-21(14-19)32-2/h4-15,22-23,28-29H,3H2,1-2H3,(H,26,31)(H,27,30)/t22?,23-/m1/s1. The number of hydrogen-bond donors (Lipinski definition) is 4. The van der Waals surface area contributed by atoms with Crippen LogP contribution in [0.1, 0.15) is 34.5 Å². The lowest BCUT2D eigenvalue weighted by molar-refractivity contribution is -0.125. The van der Waals surface area contributed by atoms with Crippen LogP contribution in [0.4, 0.5) is 5.69 Å². The molecule has 0 aliphatic carbocycles. The quantitative estimate of drug-likeness (QED) is 0.434. The number of amides is 2. The van der Waals surface area contributed by atoms with Crippen LogP contribution in [0.5, 0.6) is 11.5 Å². The van der Waals surface area contributed by atoms with Gasteiger partial charge in [-0.1, -0.05) is 49.4 Å². The van der Waals surface area contributed by atoms with Crippen LogP contribution < -0.4 is 15.4 Å². The smallest absolute Gasteiger partial charge is 0.255 e. The number of aryl methyl sites for hydroxylation is 1. The molecule has 0 spiro atoms. The van der Waals surface area contributed by atoms with Gasteiger partial charge in [-0.2, -0.15) is 0 Å². The summed E-state index contributed by atoms with van der Waals surface area (Å²) in [5.41, 5.74) is 2.34. The van der Waals surface area contributed by atoms with Crippen molar-refractivity contribution >= 4 is 17.5 Å². The molecule has 7 heteroatoms. The second kappa shape index (κ2) is 10.5. The van der Waals surface area contributed by atoms with E-state index in [0.717, 1.165) is 12.0 Å². The first kappa shape index (κ1) is 22.8. The van der Waals surface area contributed by atoms with Crippen LogP contribution in [0.25, 0.3) is 0 Å². The molecule has 0 radical (unpaired) electrons. The number of aliphatic hydroxyl groups excluding tert-OH is 1. The SMILES string of the molecule is CCc1ccc(C(=O)NC(c2ccccc2)[C@@H](O)C(=O)Nc2cc(O)cc(OC)c2)cc1. The summed E-state index contributed by atoms with van der Waals surface area (Å²) in [5, 5.41) is 26.0. The van der Waals surface area contributed by atoms with Crippen molar-refractivity contribution in [3.8, 4) is 11.5 Å². The van der Waals surface area contributed by atoms with Gasteiger partial charge in [0.1, 0.15) is 11.5 Å². The Bertz CT molecular complexity index is 1070. The second-order valence-electron chi connectivity index (χ2n) is 7.27. The van der Waals surface area contributed by atoms with Gasteiger partial charge in [0.2, 0.25) is 0 Å². The van der Waals surface area contributed by atoms with Gasteiger partial charge in [-0.05, 0) is 29.7 Å². The molecule has 3 aromatic rings. The third-order valence-electron chi connectivity index (χ3n) is 5.05. The number of carbonyl (C=O) groups is 2. The highest BCUT2D eigenvalue weighted by Gasteiger charge is 2.29. The van der Waals surface area contributed by atoms with Crippen molar-refractivity contribution in [2.75, 3.05) is 12.4 Å². The molecular formula is C25H26N2O5. The van der Waals surface area contributed by atoms with Gasteiger partial charge in [-0.15, -0.1) is 0 Å². The topological polar surface area (TPSA) is 108 Å². The fraction of sp³-hybridized carbons (Fsp3) is 0.200. The summed E-state index contributed by atoms with van der Waals surface area (Å²) in [6, 6.07) is 19.2. The molecule has 0 saturated carbocycles. The van der Waals surface area contributed by atoms with E-state index in [1.54, 1.807) is 42.5 Å². The number of nitrogens with one attached hydrogen (secondary N) is 2. The van der Waals surface area contributed by atoms with Crippen molar-refractivity contribution in [2.45, 2.75) is 25.5 Å². The number of hydrogen-bond acceptors (Lipinski definition) is 5. The molecule has 2 atom stereocenters. The summed E-state index contributed by atoms with van der Waals surface area (Å²) in [5.74, 6) is -0.906. The van der Waals surface area contributed by atoms with Crippen LogP contribution in [0.3, 0.4) is 0 Å². The lowest BCUT2D eigenvalue weighted by Gasteiger charge is -2.24. The monoisotopic (exact) mass is 434 g/mol. The molecular weight excluding hydrogens is 408 g/mol. The van der Waals surface area contributed by atoms with Gasteiger partial charge < -0.3 is 25.6 Å². The summed E-state index contributed by atoms with van der Waals surface area (Å²) in [4.78, 5) is 25.6. The van der Waals surface area contributed by atoms with E-state index in [1.165, 1.54) is 25.3 Å². The number of aliphatic hydroxyl groups is 1. The number of anilines is 1. The van der Waals surface area contributed by atoms with Crippen molar-refractivity contribution in [1.82, 2.24) is 5.32 Å². The van der Waals surface area contributed by atoms with E-state index in [1.807, 2.05) is 19.1 Å². The fourth-order valence-electron chi connectivity index (χ4n) is 3.26. The van der Waals surface area contributed by atoms with Crippen LogP contribution in [-0.4, -0.2) is 35.2 Å². The number of rotatable bonds is 8. The normalized spacial score (nSPS) is 12.5. The Hall–Kier alpha value is -3.84. The maximum Gasteiger partial charge on any atom is 0.255 e. The Morgan fingerprint density at radius 3 is 2.31 bits per heavy atom. The van der Waals surface area contributed by atoms with Crippen LogP contribution in [0.2, 0.25) is 0 Å². The van der Waals surface area contributed by atoms with E-state index < -0.39 is 24.0 Å². The zero-order valence-corrected chi connectivity index (χ0v) is 17.9. The molecule has 0 aliphatic rings. The van der Waals surface area contributed by atoms with Crippen LogP contribution in [0, 0.1) is 0 Å². The number of methoxy groups -OCH3 is 1. The second-order valence-corrected chi connectivity index (χ2v) is 7.27. The zero-order valence-electron chi connectivity index (χ0n) is 17.9. The maximum absolute atomic E-state index is 12.8. The average Bonchev–Trinajstić information content (AvgIpc) is 2.82. The molecule has 3 aromatic carbocycles. The molecule has 3 rings (SSSR count). The molecule has 0 fully saturated rings. The number of benzene rings is 3. The first-order valence-electron chi connectivity index (χ1n) is 10.2. The first-order chi connectivity index (χ1) is 15.4. The van der Waals surface area contributed by atoms with Gasteiger partial charge in [0, 0.05) is 29.4 Å². The summed E-state index contributed by atoms with van der Waals surface area (Å²) in [6.45, 7) is 2.03. The molecule has 2 amide bonds. The lowest BCUT2D eigenvalue weighted by Crippen LogP contribution is -2.42. The van der Waals surface area contributed by atoms with Gasteiger partial charge in [0.05, 0.1) is 13.2 Å². The highest BCUT2D eigenvalue weighted by Crippen LogP contribution is 2.26. The van der Waals surface area contributed by atoms with E-state index in [4.69, 9.17) is 4.74 Å². The van der Waals surface area contributed by atoms with Gasteiger partial charge in [-0.3, -0.25) is 9.59 Å². The predicted octanol–water partition coefficient (Wildman–Crippen LogP) is 3.43. The molecule has 7 nitrogen and oxygen atoms in total. The summed E-state index contributed by atoms with van der Waals surface area (Å²) >= 11 is 0. The summed E-state index contributed by atoms with van der Waals surface area (Å²) in [7, 11) is 1.43. The highest BCUT2D eigenvalue weighted by molar-refractivity contribution is 5.97. The van der Waals surface area contributed by atoms with Crippen LogP contribution >= 0.6 is 0 Å². The summed E-state index contributed by atoms with van der Waals surface area (Å²) < 4.78 is 5.08. The number of aromatic hydroxyl groups is 1. The van der Waals surface area contributed by atoms with Crippen molar-refractivity contribution in [3.05, 3.63) is 89.5 Å². The number of phenols is 1. The molecule has 0 heterocycles. The largest absolute Gasteiger partial charge is 0.508 e. The Morgan fingerprint density at radius 2 is 1.69 bits per heavy atom. The van der Waals surface area contributed by atoms with Crippen molar-refractivity contribution in [2.24, 2.45) is 0 Å². The van der Waals surface area contributed by atoms with Gasteiger partial charge in [0.25, 0.3) is 11.8 Å². The molecule has 0 saturated heterocycles.